The van der Waals surface area contributed by atoms with E-state index in [4.69, 9.17) is 0 Å². The highest BCUT2D eigenvalue weighted by Crippen LogP contribution is 2.18. The Hall–Kier alpha value is -2.95. The molecule has 5 nitrogen and oxygen atoms in total. The molecule has 1 aromatic heterocycles. The zero-order valence-corrected chi connectivity index (χ0v) is 15.0. The zero-order chi connectivity index (χ0) is 18.3. The van der Waals surface area contributed by atoms with E-state index in [1.165, 1.54) is 0 Å². The lowest BCUT2D eigenvalue weighted by atomic mass is 10.1. The predicted molar refractivity (Wildman–Crippen MR) is 101 cm³/mol. The van der Waals surface area contributed by atoms with Gasteiger partial charge in [-0.25, -0.2) is 4.98 Å². The van der Waals surface area contributed by atoms with Crippen LogP contribution < -0.4 is 5.56 Å². The number of fused-ring (bicyclic) bond motifs is 2. The van der Waals surface area contributed by atoms with E-state index in [1.807, 2.05) is 31.2 Å². The first-order valence-corrected chi connectivity index (χ1v) is 8.88. The van der Waals surface area contributed by atoms with Crippen molar-refractivity contribution in [2.24, 2.45) is 0 Å². The van der Waals surface area contributed by atoms with E-state index >= 15 is 0 Å². The Labute approximate surface area is 151 Å². The predicted octanol–water partition coefficient (Wildman–Crippen LogP) is 2.92. The molecule has 0 unspecified atom stereocenters. The van der Waals surface area contributed by atoms with E-state index in [-0.39, 0.29) is 11.5 Å². The van der Waals surface area contributed by atoms with E-state index in [2.05, 4.69) is 4.98 Å². The third kappa shape index (κ3) is 2.79. The van der Waals surface area contributed by atoms with E-state index in [0.717, 1.165) is 36.3 Å². The summed E-state index contributed by atoms with van der Waals surface area (Å²) in [4.78, 5) is 31.7. The van der Waals surface area contributed by atoms with Gasteiger partial charge in [-0.15, -0.1) is 0 Å². The van der Waals surface area contributed by atoms with Gasteiger partial charge in [-0.3, -0.25) is 14.2 Å². The summed E-state index contributed by atoms with van der Waals surface area (Å²) in [6, 6.07) is 13.2. The van der Waals surface area contributed by atoms with Crippen molar-refractivity contribution in [3.8, 4) is 0 Å². The molecule has 0 bridgehead atoms. The first kappa shape index (κ1) is 16.5. The van der Waals surface area contributed by atoms with Crippen LogP contribution in [0.5, 0.6) is 0 Å². The smallest absolute Gasteiger partial charge is 0.261 e. The summed E-state index contributed by atoms with van der Waals surface area (Å²) in [7, 11) is 1.80. The first-order chi connectivity index (χ1) is 12.5. The van der Waals surface area contributed by atoms with Crippen molar-refractivity contribution >= 4 is 16.8 Å². The molecule has 0 aliphatic carbocycles. The molecule has 1 aliphatic rings. The summed E-state index contributed by atoms with van der Waals surface area (Å²) >= 11 is 0. The zero-order valence-electron chi connectivity index (χ0n) is 15.0. The van der Waals surface area contributed by atoms with Crippen LogP contribution in [0.2, 0.25) is 0 Å². The van der Waals surface area contributed by atoms with Gasteiger partial charge in [-0.05, 0) is 42.7 Å². The van der Waals surface area contributed by atoms with Crippen LogP contribution >= 0.6 is 0 Å². The van der Waals surface area contributed by atoms with Gasteiger partial charge in [-0.2, -0.15) is 0 Å². The van der Waals surface area contributed by atoms with Crippen molar-refractivity contribution in [1.82, 2.24) is 14.5 Å². The molecule has 0 atom stereocenters. The van der Waals surface area contributed by atoms with E-state index in [1.54, 1.807) is 34.7 Å². The van der Waals surface area contributed by atoms with Gasteiger partial charge in [0.15, 0.2) is 0 Å². The lowest BCUT2D eigenvalue weighted by Crippen LogP contribution is -2.27. The van der Waals surface area contributed by atoms with Gasteiger partial charge in [0.2, 0.25) is 0 Å². The third-order valence-electron chi connectivity index (χ3n) is 5.08. The molecule has 2 heterocycles. The van der Waals surface area contributed by atoms with E-state index in [0.29, 0.717) is 23.0 Å². The van der Waals surface area contributed by atoms with Crippen molar-refractivity contribution in [3.63, 3.8) is 0 Å². The summed E-state index contributed by atoms with van der Waals surface area (Å²) in [6.45, 7) is 3.32. The number of benzene rings is 2. The molecule has 0 N–H and O–H groups in total. The average molecular weight is 347 g/mol. The number of hydrogen-bond acceptors (Lipinski definition) is 3. The van der Waals surface area contributed by atoms with Gasteiger partial charge in [0.1, 0.15) is 5.82 Å². The monoisotopic (exact) mass is 347 g/mol. The molecule has 1 amide bonds. The fourth-order valence-corrected chi connectivity index (χ4v) is 3.55. The molecule has 0 saturated carbocycles. The molecule has 2 aromatic carbocycles. The Morgan fingerprint density at radius 3 is 2.85 bits per heavy atom. The van der Waals surface area contributed by atoms with Gasteiger partial charge >= 0.3 is 0 Å². The SMILES string of the molecule is Cc1ccccc1CN(C)C(=O)c1ccc2c(=O)n3c(nc2c1)CCC3. The number of carbonyl (C=O) groups is 1. The summed E-state index contributed by atoms with van der Waals surface area (Å²) in [5.74, 6) is 0.748. The number of amides is 1. The number of rotatable bonds is 3. The Bertz CT molecular complexity index is 1070. The van der Waals surface area contributed by atoms with E-state index < -0.39 is 0 Å². The van der Waals surface area contributed by atoms with Crippen molar-refractivity contribution in [1.29, 1.82) is 0 Å². The average Bonchev–Trinajstić information content (AvgIpc) is 3.11. The summed E-state index contributed by atoms with van der Waals surface area (Å²) < 4.78 is 1.74. The molecule has 1 aliphatic heterocycles. The summed E-state index contributed by atoms with van der Waals surface area (Å²) in [5.41, 5.74) is 3.45. The van der Waals surface area contributed by atoms with Crippen LogP contribution in [-0.4, -0.2) is 27.4 Å². The minimum absolute atomic E-state index is 0.00485. The molecule has 0 spiro atoms. The highest BCUT2D eigenvalue weighted by molar-refractivity contribution is 5.97. The fraction of sp³-hybridized carbons (Fsp3) is 0.286. The maximum Gasteiger partial charge on any atom is 0.261 e. The molecule has 26 heavy (non-hydrogen) atoms. The van der Waals surface area contributed by atoms with Crippen LogP contribution in [0.15, 0.2) is 47.3 Å². The first-order valence-electron chi connectivity index (χ1n) is 8.88. The van der Waals surface area contributed by atoms with Crippen LogP contribution in [0.1, 0.15) is 33.7 Å². The van der Waals surface area contributed by atoms with Crippen LogP contribution in [0.25, 0.3) is 10.9 Å². The van der Waals surface area contributed by atoms with Crippen LogP contribution in [0.3, 0.4) is 0 Å². The topological polar surface area (TPSA) is 55.2 Å². The highest BCUT2D eigenvalue weighted by Gasteiger charge is 2.18. The molecule has 3 aromatic rings. The van der Waals surface area contributed by atoms with E-state index in [9.17, 15) is 9.59 Å². The van der Waals surface area contributed by atoms with Gasteiger partial charge in [0.05, 0.1) is 10.9 Å². The molecule has 0 radical (unpaired) electrons. The van der Waals surface area contributed by atoms with Crippen molar-refractivity contribution in [2.75, 3.05) is 7.05 Å². The minimum atomic E-state index is -0.0717. The quantitative estimate of drug-likeness (QED) is 0.732. The number of aromatic nitrogens is 2. The molecule has 0 saturated heterocycles. The Morgan fingerprint density at radius 2 is 2.04 bits per heavy atom. The third-order valence-corrected chi connectivity index (χ3v) is 5.08. The maximum atomic E-state index is 12.8. The number of aryl methyl sites for hydroxylation is 2. The van der Waals surface area contributed by atoms with Crippen molar-refractivity contribution in [3.05, 3.63) is 75.3 Å². The van der Waals surface area contributed by atoms with Gasteiger partial charge in [-0.1, -0.05) is 24.3 Å². The lowest BCUT2D eigenvalue weighted by Gasteiger charge is -2.19. The van der Waals surface area contributed by atoms with Gasteiger partial charge in [0, 0.05) is 32.1 Å². The molecular formula is C21H21N3O2. The lowest BCUT2D eigenvalue weighted by molar-refractivity contribution is 0.0785. The Balaban J connectivity index is 1.66. The number of hydrogen-bond donors (Lipinski definition) is 0. The second-order valence-corrected chi connectivity index (χ2v) is 6.91. The largest absolute Gasteiger partial charge is 0.337 e. The normalized spacial score (nSPS) is 13.0. The minimum Gasteiger partial charge on any atom is -0.337 e. The van der Waals surface area contributed by atoms with Gasteiger partial charge < -0.3 is 4.90 Å². The molecule has 5 heteroatoms. The summed E-state index contributed by atoms with van der Waals surface area (Å²) in [6.07, 6.45) is 1.76. The Morgan fingerprint density at radius 1 is 1.23 bits per heavy atom. The van der Waals surface area contributed by atoms with Crippen molar-refractivity contribution in [2.45, 2.75) is 32.9 Å². The van der Waals surface area contributed by atoms with Crippen LogP contribution in [0.4, 0.5) is 0 Å². The Kier molecular flexibility index (Phi) is 4.07. The standard InChI is InChI=1S/C21H21N3O2/c1-14-6-3-4-7-16(14)13-23(2)20(25)15-9-10-17-18(12-15)22-19-8-5-11-24(19)21(17)26/h3-4,6-7,9-10,12H,5,8,11,13H2,1-2H3. The number of nitrogens with zero attached hydrogens (tertiary/aromatic N) is 3. The van der Waals surface area contributed by atoms with Crippen molar-refractivity contribution < 1.29 is 4.79 Å². The second kappa shape index (κ2) is 6.41. The maximum absolute atomic E-state index is 12.8. The summed E-state index contributed by atoms with van der Waals surface area (Å²) in [5, 5.41) is 0.578. The molecule has 4 rings (SSSR count). The number of carbonyl (C=O) groups excluding carboxylic acids is 1. The molecule has 0 fully saturated rings. The molecule has 132 valence electrons. The molecular weight excluding hydrogens is 326 g/mol. The second-order valence-electron chi connectivity index (χ2n) is 6.91. The van der Waals surface area contributed by atoms with Gasteiger partial charge in [0.25, 0.3) is 11.5 Å². The van der Waals surface area contributed by atoms with Crippen LogP contribution in [0, 0.1) is 6.92 Å². The fourth-order valence-electron chi connectivity index (χ4n) is 3.55. The van der Waals surface area contributed by atoms with Crippen LogP contribution in [-0.2, 0) is 19.5 Å². The highest BCUT2D eigenvalue weighted by atomic mass is 16.2.